The van der Waals surface area contributed by atoms with Gasteiger partial charge in [-0.2, -0.15) is 4.99 Å². The second-order valence-electron chi connectivity index (χ2n) is 10.9. The van der Waals surface area contributed by atoms with Gasteiger partial charge in [-0.05, 0) is 49.2 Å². The number of hydrogen-bond acceptors (Lipinski definition) is 9. The van der Waals surface area contributed by atoms with E-state index in [-0.39, 0.29) is 13.2 Å². The van der Waals surface area contributed by atoms with Crippen LogP contribution in [0.1, 0.15) is 48.3 Å². The number of benzene rings is 4. The summed E-state index contributed by atoms with van der Waals surface area (Å²) in [7, 11) is 3.19. The summed E-state index contributed by atoms with van der Waals surface area (Å²) >= 11 is 0. The Hall–Kier alpha value is -5.90. The molecule has 1 amide bonds. The summed E-state index contributed by atoms with van der Waals surface area (Å²) in [5, 5.41) is 0. The number of hydrogen-bond donors (Lipinski definition) is 0. The van der Waals surface area contributed by atoms with Crippen LogP contribution >= 0.6 is 0 Å². The Morgan fingerprint density at radius 3 is 1.75 bits per heavy atom. The predicted octanol–water partition coefficient (Wildman–Crippen LogP) is 7.01. The van der Waals surface area contributed by atoms with Crippen LogP contribution in [0.15, 0.2) is 125 Å². The van der Waals surface area contributed by atoms with Crippen LogP contribution in [-0.2, 0) is 14.3 Å². The molecule has 48 heavy (non-hydrogen) atoms. The molecule has 2 heterocycles. The first-order valence-electron chi connectivity index (χ1n) is 15.7. The number of carbonyl (C=O) groups excluding carboxylic acids is 2. The molecule has 10 heteroatoms. The van der Waals surface area contributed by atoms with Gasteiger partial charge in [0.2, 0.25) is 5.96 Å². The van der Waals surface area contributed by atoms with Crippen molar-refractivity contribution in [2.45, 2.75) is 26.1 Å². The van der Waals surface area contributed by atoms with Gasteiger partial charge in [-0.1, -0.05) is 84.9 Å². The van der Waals surface area contributed by atoms with Crippen LogP contribution in [0.3, 0.4) is 0 Å². The van der Waals surface area contributed by atoms with Crippen LogP contribution in [0.5, 0.6) is 11.5 Å². The van der Waals surface area contributed by atoms with Gasteiger partial charge < -0.3 is 23.8 Å². The van der Waals surface area contributed by atoms with Crippen molar-refractivity contribution in [2.24, 2.45) is 9.98 Å². The standard InChI is InChI=1S/C38H36N4O6/c1-5-47-36(43)31-32(25-13-9-7-10-14-25)39-37-40-34(27-15-11-8-12-16-27)42(38(44)48-6-2)35(28-19-23-30(46-4)24-20-28)41(37)33(31)26-17-21-29(45-3)22-18-26/h7-24,33,35H,5-6H2,1-4H3. The molecule has 0 saturated carbocycles. The number of nitrogens with zero attached hydrogens (tertiary/aromatic N) is 4. The molecule has 0 bridgehead atoms. The Bertz CT molecular complexity index is 1860. The Kier molecular flexibility index (Phi) is 9.52. The Balaban J connectivity index is 1.71. The fourth-order valence-corrected chi connectivity index (χ4v) is 5.93. The van der Waals surface area contributed by atoms with Crippen LogP contribution < -0.4 is 9.47 Å². The lowest BCUT2D eigenvalue weighted by Gasteiger charge is -2.48. The lowest BCUT2D eigenvalue weighted by atomic mass is 9.90. The highest BCUT2D eigenvalue weighted by molar-refractivity contribution is 6.15. The third kappa shape index (κ3) is 6.12. The molecule has 0 saturated heterocycles. The van der Waals surface area contributed by atoms with Crippen molar-refractivity contribution >= 4 is 29.6 Å². The summed E-state index contributed by atoms with van der Waals surface area (Å²) in [6.07, 6.45) is -1.47. The summed E-state index contributed by atoms with van der Waals surface area (Å²) in [6, 6.07) is 33.0. The first kappa shape index (κ1) is 32.1. The number of amidine groups is 1. The van der Waals surface area contributed by atoms with Crippen LogP contribution in [0.25, 0.3) is 5.70 Å². The first-order chi connectivity index (χ1) is 23.5. The maximum atomic E-state index is 14.1. The monoisotopic (exact) mass is 644 g/mol. The van der Waals surface area contributed by atoms with Crippen molar-refractivity contribution < 1.29 is 28.5 Å². The summed E-state index contributed by atoms with van der Waals surface area (Å²) in [5.74, 6) is 1.42. The zero-order valence-corrected chi connectivity index (χ0v) is 27.2. The Labute approximate surface area is 279 Å². The topological polar surface area (TPSA) is 102 Å². The first-order valence-corrected chi connectivity index (χ1v) is 15.7. The molecule has 2 aliphatic rings. The van der Waals surface area contributed by atoms with Gasteiger partial charge in [0, 0.05) is 11.1 Å². The van der Waals surface area contributed by atoms with E-state index in [0.717, 1.165) is 11.1 Å². The van der Waals surface area contributed by atoms with E-state index in [4.69, 9.17) is 28.9 Å². The number of ether oxygens (including phenoxy) is 4. The Morgan fingerprint density at radius 1 is 0.667 bits per heavy atom. The fraction of sp³-hybridized carbons (Fsp3) is 0.211. The molecule has 6 rings (SSSR count). The number of methoxy groups -OCH3 is 2. The molecule has 0 aliphatic carbocycles. The van der Waals surface area contributed by atoms with Crippen molar-refractivity contribution in [2.75, 3.05) is 27.4 Å². The predicted molar refractivity (Wildman–Crippen MR) is 183 cm³/mol. The number of fused-ring (bicyclic) bond motifs is 1. The van der Waals surface area contributed by atoms with Gasteiger partial charge >= 0.3 is 12.1 Å². The van der Waals surface area contributed by atoms with Gasteiger partial charge in [-0.3, -0.25) is 0 Å². The van der Waals surface area contributed by atoms with E-state index in [1.165, 1.54) is 4.90 Å². The number of carbonyl (C=O) groups is 2. The third-order valence-corrected chi connectivity index (χ3v) is 8.08. The SMILES string of the molecule is CCOC(=O)C1=C(c2ccccc2)N=C2N=C(c3ccccc3)N(C(=O)OCC)C(c3ccc(OC)cc3)N2C1c1ccc(OC)cc1. The zero-order valence-electron chi connectivity index (χ0n) is 27.2. The molecule has 4 aromatic rings. The largest absolute Gasteiger partial charge is 0.497 e. The smallest absolute Gasteiger partial charge is 0.417 e. The van der Waals surface area contributed by atoms with E-state index in [1.54, 1.807) is 28.1 Å². The molecule has 0 aromatic heterocycles. The van der Waals surface area contributed by atoms with E-state index in [2.05, 4.69) is 0 Å². The van der Waals surface area contributed by atoms with E-state index >= 15 is 0 Å². The highest BCUT2D eigenvalue weighted by Crippen LogP contribution is 2.47. The van der Waals surface area contributed by atoms with Crippen molar-refractivity contribution in [3.05, 3.63) is 137 Å². The van der Waals surface area contributed by atoms with Crippen LogP contribution in [0.2, 0.25) is 0 Å². The van der Waals surface area contributed by atoms with E-state index in [1.807, 2.05) is 114 Å². The number of esters is 1. The molecular weight excluding hydrogens is 608 g/mol. The number of guanidine groups is 1. The highest BCUT2D eigenvalue weighted by atomic mass is 16.6. The molecule has 0 spiro atoms. The van der Waals surface area contributed by atoms with Crippen molar-refractivity contribution in [1.82, 2.24) is 9.80 Å². The molecule has 2 unspecified atom stereocenters. The number of rotatable bonds is 9. The minimum absolute atomic E-state index is 0.141. The van der Waals surface area contributed by atoms with Gasteiger partial charge in [0.05, 0.1) is 44.7 Å². The van der Waals surface area contributed by atoms with Gasteiger partial charge in [0.25, 0.3) is 0 Å². The molecule has 244 valence electrons. The average Bonchev–Trinajstić information content (AvgIpc) is 3.14. The third-order valence-electron chi connectivity index (χ3n) is 8.08. The molecule has 0 N–H and O–H groups in total. The second-order valence-corrected chi connectivity index (χ2v) is 10.9. The minimum Gasteiger partial charge on any atom is -0.497 e. The summed E-state index contributed by atoms with van der Waals surface area (Å²) in [5.41, 5.74) is 3.59. The lowest BCUT2D eigenvalue weighted by Crippen LogP contribution is -2.56. The van der Waals surface area contributed by atoms with Gasteiger partial charge in [-0.25, -0.2) is 19.5 Å². The van der Waals surface area contributed by atoms with Crippen molar-refractivity contribution in [1.29, 1.82) is 0 Å². The molecule has 2 atom stereocenters. The van der Waals surface area contributed by atoms with E-state index in [0.29, 0.717) is 45.7 Å². The molecule has 4 aromatic carbocycles. The molecule has 0 radical (unpaired) electrons. The van der Waals surface area contributed by atoms with Crippen LogP contribution in [0, 0.1) is 0 Å². The normalized spacial score (nSPS) is 17.2. The van der Waals surface area contributed by atoms with Crippen molar-refractivity contribution in [3.8, 4) is 11.5 Å². The fourth-order valence-electron chi connectivity index (χ4n) is 5.93. The maximum absolute atomic E-state index is 14.1. The maximum Gasteiger partial charge on any atom is 0.417 e. The molecular formula is C38H36N4O6. The van der Waals surface area contributed by atoms with Gasteiger partial charge in [0.1, 0.15) is 17.7 Å². The summed E-state index contributed by atoms with van der Waals surface area (Å²) in [6.45, 7) is 3.82. The molecule has 2 aliphatic heterocycles. The average molecular weight is 645 g/mol. The van der Waals surface area contributed by atoms with Gasteiger partial charge in [-0.15, -0.1) is 0 Å². The zero-order chi connectivity index (χ0) is 33.6. The van der Waals surface area contributed by atoms with Crippen LogP contribution in [0.4, 0.5) is 4.79 Å². The lowest BCUT2D eigenvalue weighted by molar-refractivity contribution is -0.139. The molecule has 0 fully saturated rings. The summed E-state index contributed by atoms with van der Waals surface area (Å²) < 4.78 is 22.3. The van der Waals surface area contributed by atoms with E-state index in [9.17, 15) is 9.59 Å². The molecule has 10 nitrogen and oxygen atoms in total. The second kappa shape index (κ2) is 14.3. The Morgan fingerprint density at radius 2 is 1.21 bits per heavy atom. The van der Waals surface area contributed by atoms with Crippen LogP contribution in [-0.4, -0.2) is 61.1 Å². The number of aliphatic imine (C=N–C) groups is 2. The quantitative estimate of drug-likeness (QED) is 0.181. The number of amides is 1. The highest BCUT2D eigenvalue weighted by Gasteiger charge is 2.49. The summed E-state index contributed by atoms with van der Waals surface area (Å²) in [4.78, 5) is 41.8. The van der Waals surface area contributed by atoms with Gasteiger partial charge in [0.15, 0.2) is 5.84 Å². The minimum atomic E-state index is -0.865. The van der Waals surface area contributed by atoms with Crippen molar-refractivity contribution in [3.63, 3.8) is 0 Å². The van der Waals surface area contributed by atoms with E-state index < -0.39 is 24.3 Å².